The molecule has 2 rings (SSSR count). The van der Waals surface area contributed by atoms with Gasteiger partial charge in [-0.3, -0.25) is 0 Å². The number of rotatable bonds is 9. The summed E-state index contributed by atoms with van der Waals surface area (Å²) in [7, 11) is 0. The van der Waals surface area contributed by atoms with E-state index in [2.05, 4.69) is 21.3 Å². The van der Waals surface area contributed by atoms with Gasteiger partial charge in [0.25, 0.3) is 0 Å². The molecule has 0 aliphatic carbocycles. The molecule has 2 aliphatic rings. The summed E-state index contributed by atoms with van der Waals surface area (Å²) in [6.45, 7) is 14.2. The molecule has 0 saturated carbocycles. The highest BCUT2D eigenvalue weighted by molar-refractivity contribution is 4.74. The van der Waals surface area contributed by atoms with Crippen LogP contribution in [0.3, 0.4) is 0 Å². The lowest BCUT2D eigenvalue weighted by Crippen LogP contribution is -2.34. The molecule has 0 atom stereocenters. The van der Waals surface area contributed by atoms with Crippen molar-refractivity contribution in [3.63, 3.8) is 0 Å². The van der Waals surface area contributed by atoms with Crippen LogP contribution in [0.25, 0.3) is 0 Å². The fourth-order valence-electron chi connectivity index (χ4n) is 3.66. The summed E-state index contributed by atoms with van der Waals surface area (Å²) in [5, 5.41) is 0. The Hall–Kier alpha value is -0.540. The van der Waals surface area contributed by atoms with Gasteiger partial charge in [0.15, 0.2) is 0 Å². The van der Waals surface area contributed by atoms with E-state index in [1.807, 2.05) is 6.20 Å². The molecule has 0 spiro atoms. The summed E-state index contributed by atoms with van der Waals surface area (Å²) in [4.78, 5) is 7.70. The monoisotopic (exact) mass is 293 g/mol. The third kappa shape index (κ3) is 6.84. The quantitative estimate of drug-likeness (QED) is 0.646. The first-order valence-corrected chi connectivity index (χ1v) is 9.20. The molecule has 21 heavy (non-hydrogen) atoms. The molecule has 2 heterocycles. The second-order valence-electron chi connectivity index (χ2n) is 6.73. The number of nitrogens with zero attached hydrogens (tertiary/aromatic N) is 3. The van der Waals surface area contributed by atoms with Gasteiger partial charge in [0, 0.05) is 13.1 Å². The van der Waals surface area contributed by atoms with E-state index in [4.69, 9.17) is 0 Å². The largest absolute Gasteiger partial charge is 0.378 e. The fourth-order valence-corrected chi connectivity index (χ4v) is 3.66. The van der Waals surface area contributed by atoms with E-state index >= 15 is 0 Å². The van der Waals surface area contributed by atoms with E-state index in [1.165, 1.54) is 104 Å². The maximum atomic E-state index is 3.99. The summed E-state index contributed by atoms with van der Waals surface area (Å²) < 4.78 is 0. The molecule has 122 valence electrons. The Morgan fingerprint density at radius 1 is 0.714 bits per heavy atom. The average Bonchev–Trinajstić information content (AvgIpc) is 2.55. The number of likely N-dealkylation sites (tertiary alicyclic amines) is 2. The minimum atomic E-state index is 1.18. The number of hydrogen-bond donors (Lipinski definition) is 0. The molecule has 3 nitrogen and oxygen atoms in total. The van der Waals surface area contributed by atoms with Crippen LogP contribution in [0.2, 0.25) is 0 Å². The van der Waals surface area contributed by atoms with Crippen molar-refractivity contribution in [1.29, 1.82) is 0 Å². The highest BCUT2D eigenvalue weighted by Gasteiger charge is 2.11. The zero-order valence-electron chi connectivity index (χ0n) is 13.9. The predicted molar refractivity (Wildman–Crippen MR) is 91.6 cm³/mol. The summed E-state index contributed by atoms with van der Waals surface area (Å²) in [5.41, 5.74) is 0. The lowest BCUT2D eigenvalue weighted by Gasteiger charge is -2.29. The van der Waals surface area contributed by atoms with Crippen molar-refractivity contribution >= 4 is 0 Å². The predicted octanol–water partition coefficient (Wildman–Crippen LogP) is 3.18. The van der Waals surface area contributed by atoms with Crippen molar-refractivity contribution in [1.82, 2.24) is 14.7 Å². The van der Waals surface area contributed by atoms with Gasteiger partial charge in [-0.15, -0.1) is 0 Å². The van der Waals surface area contributed by atoms with Crippen LogP contribution in [0.1, 0.15) is 51.4 Å². The standard InChI is InChI=1S/C18H35N3/c1-2-19(15-9-17-20-11-5-3-6-12-20)16-10-18-21-13-7-4-8-14-21/h2H,1,3-18H2. The van der Waals surface area contributed by atoms with Crippen molar-refractivity contribution in [2.24, 2.45) is 0 Å². The van der Waals surface area contributed by atoms with Crippen LogP contribution in [0.15, 0.2) is 12.8 Å². The van der Waals surface area contributed by atoms with Gasteiger partial charge < -0.3 is 14.7 Å². The second-order valence-corrected chi connectivity index (χ2v) is 6.73. The van der Waals surface area contributed by atoms with E-state index in [0.717, 1.165) is 0 Å². The minimum absolute atomic E-state index is 1.18. The molecule has 0 aromatic rings. The van der Waals surface area contributed by atoms with E-state index in [9.17, 15) is 0 Å². The molecular weight excluding hydrogens is 258 g/mol. The van der Waals surface area contributed by atoms with E-state index in [0.29, 0.717) is 0 Å². The van der Waals surface area contributed by atoms with Gasteiger partial charge in [-0.1, -0.05) is 19.4 Å². The lowest BCUT2D eigenvalue weighted by molar-refractivity contribution is 0.204. The molecule has 2 saturated heterocycles. The average molecular weight is 293 g/mol. The maximum absolute atomic E-state index is 3.99. The zero-order chi connectivity index (χ0) is 14.8. The van der Waals surface area contributed by atoms with Crippen molar-refractivity contribution < 1.29 is 0 Å². The maximum Gasteiger partial charge on any atom is 0.0184 e. The third-order valence-electron chi connectivity index (χ3n) is 4.99. The van der Waals surface area contributed by atoms with Crippen molar-refractivity contribution in [3.8, 4) is 0 Å². The molecule has 0 N–H and O–H groups in total. The molecule has 0 aromatic heterocycles. The van der Waals surface area contributed by atoms with E-state index in [1.54, 1.807) is 0 Å². The van der Waals surface area contributed by atoms with Crippen LogP contribution in [0.4, 0.5) is 0 Å². The zero-order valence-corrected chi connectivity index (χ0v) is 13.9. The van der Waals surface area contributed by atoms with Crippen LogP contribution in [-0.2, 0) is 0 Å². The molecule has 0 aromatic carbocycles. The Balaban J connectivity index is 1.51. The van der Waals surface area contributed by atoms with E-state index < -0.39 is 0 Å². The molecular formula is C18H35N3. The van der Waals surface area contributed by atoms with Crippen molar-refractivity contribution in [3.05, 3.63) is 12.8 Å². The molecule has 0 bridgehead atoms. The highest BCUT2D eigenvalue weighted by Crippen LogP contribution is 2.10. The molecule has 0 radical (unpaired) electrons. The Morgan fingerprint density at radius 2 is 1.14 bits per heavy atom. The fraction of sp³-hybridized carbons (Fsp3) is 0.889. The molecule has 3 heteroatoms. The first kappa shape index (κ1) is 16.8. The first-order chi connectivity index (χ1) is 10.4. The van der Waals surface area contributed by atoms with Gasteiger partial charge in [0.1, 0.15) is 0 Å². The highest BCUT2D eigenvalue weighted by atomic mass is 15.2. The Bertz CT molecular complexity index is 244. The van der Waals surface area contributed by atoms with Gasteiger partial charge in [-0.05, 0) is 84.0 Å². The van der Waals surface area contributed by atoms with Gasteiger partial charge in [0.2, 0.25) is 0 Å². The minimum Gasteiger partial charge on any atom is -0.378 e. The smallest absolute Gasteiger partial charge is 0.0184 e. The van der Waals surface area contributed by atoms with E-state index in [-0.39, 0.29) is 0 Å². The summed E-state index contributed by atoms with van der Waals surface area (Å²) in [5.74, 6) is 0. The summed E-state index contributed by atoms with van der Waals surface area (Å²) >= 11 is 0. The summed E-state index contributed by atoms with van der Waals surface area (Å²) in [6.07, 6.45) is 13.1. The Kier molecular flexibility index (Phi) is 8.20. The van der Waals surface area contributed by atoms with Crippen LogP contribution in [-0.4, -0.2) is 67.1 Å². The number of hydrogen-bond acceptors (Lipinski definition) is 3. The summed E-state index contributed by atoms with van der Waals surface area (Å²) in [6, 6.07) is 0. The molecule has 0 unspecified atom stereocenters. The Morgan fingerprint density at radius 3 is 1.52 bits per heavy atom. The first-order valence-electron chi connectivity index (χ1n) is 9.20. The SMILES string of the molecule is C=CN(CCCN1CCCCC1)CCCN1CCCCC1. The van der Waals surface area contributed by atoms with Gasteiger partial charge in [-0.2, -0.15) is 0 Å². The van der Waals surface area contributed by atoms with Crippen molar-refractivity contribution in [2.45, 2.75) is 51.4 Å². The Labute approximate surface area is 132 Å². The second kappa shape index (κ2) is 10.2. The molecule has 0 amide bonds. The lowest BCUT2D eigenvalue weighted by atomic mass is 10.1. The topological polar surface area (TPSA) is 9.72 Å². The van der Waals surface area contributed by atoms with Crippen molar-refractivity contribution in [2.75, 3.05) is 52.4 Å². The van der Waals surface area contributed by atoms with Gasteiger partial charge >= 0.3 is 0 Å². The van der Waals surface area contributed by atoms with Crippen LogP contribution < -0.4 is 0 Å². The molecule has 2 aliphatic heterocycles. The normalized spacial score (nSPS) is 21.3. The van der Waals surface area contributed by atoms with Gasteiger partial charge in [0.05, 0.1) is 0 Å². The number of piperidine rings is 2. The van der Waals surface area contributed by atoms with Gasteiger partial charge in [-0.25, -0.2) is 0 Å². The third-order valence-corrected chi connectivity index (χ3v) is 4.99. The van der Waals surface area contributed by atoms with Crippen LogP contribution in [0.5, 0.6) is 0 Å². The van der Waals surface area contributed by atoms with Crippen LogP contribution in [0, 0.1) is 0 Å². The molecule has 2 fully saturated rings. The van der Waals surface area contributed by atoms with Crippen LogP contribution >= 0.6 is 0 Å².